The molecule has 0 radical (unpaired) electrons. The average Bonchev–Trinajstić information content (AvgIpc) is 3.66. The van der Waals surface area contributed by atoms with E-state index in [9.17, 15) is 0 Å². The summed E-state index contributed by atoms with van der Waals surface area (Å²) in [7, 11) is 3.99. The van der Waals surface area contributed by atoms with Crippen LogP contribution < -0.4 is 32.7 Å². The molecule has 8 rings (SSSR count). The number of nitriles is 1. The summed E-state index contributed by atoms with van der Waals surface area (Å²) in [5.41, 5.74) is 25.7. The van der Waals surface area contributed by atoms with Crippen molar-refractivity contribution in [2.24, 2.45) is 16.5 Å². The molecule has 8 N–H and O–H groups in total. The molecule has 264 valence electrons. The zero-order valence-corrected chi connectivity index (χ0v) is 29.6. The molecule has 0 saturated carbocycles. The highest BCUT2D eigenvalue weighted by Gasteiger charge is 2.32. The number of anilines is 4. The van der Waals surface area contributed by atoms with Gasteiger partial charge in [0.25, 0.3) is 0 Å². The van der Waals surface area contributed by atoms with Crippen molar-refractivity contribution < 1.29 is 0 Å². The Morgan fingerprint density at radius 2 is 1.38 bits per heavy atom. The third-order valence-corrected chi connectivity index (χ3v) is 8.66. The van der Waals surface area contributed by atoms with Crippen molar-refractivity contribution >= 4 is 56.9 Å². The second-order valence-electron chi connectivity index (χ2n) is 12.7. The number of rotatable bonds is 6. The fraction of sp³-hybridized carbons (Fsp3) is 0.128. The van der Waals surface area contributed by atoms with Crippen LogP contribution in [0.3, 0.4) is 0 Å². The highest BCUT2D eigenvalue weighted by atomic mass is 15.3. The maximum atomic E-state index is 8.89. The maximum Gasteiger partial charge on any atom is 0.231 e. The first kappa shape index (κ1) is 34.2. The molecule has 4 aromatic carbocycles. The lowest BCUT2D eigenvalue weighted by molar-refractivity contribution is 0.411. The first-order valence-electron chi connectivity index (χ1n) is 16.7. The quantitative estimate of drug-likeness (QED) is 0.151. The number of hydrogen-bond donors (Lipinski definition) is 5. The van der Waals surface area contributed by atoms with E-state index in [1.807, 2.05) is 115 Å². The minimum absolute atomic E-state index is 0.350. The molecule has 14 heteroatoms. The lowest BCUT2D eigenvalue weighted by Crippen LogP contribution is -2.52. The third-order valence-electron chi connectivity index (χ3n) is 8.66. The van der Waals surface area contributed by atoms with Gasteiger partial charge in [-0.05, 0) is 74.5 Å². The molecule has 53 heavy (non-hydrogen) atoms. The fourth-order valence-electron chi connectivity index (χ4n) is 6.17. The van der Waals surface area contributed by atoms with Crippen LogP contribution in [0.5, 0.6) is 0 Å². The Balaban J connectivity index is 0.000000164. The lowest BCUT2D eigenvalue weighted by atomic mass is 10.1. The minimum atomic E-state index is -1.16. The van der Waals surface area contributed by atoms with Crippen molar-refractivity contribution in [1.82, 2.24) is 34.4 Å². The van der Waals surface area contributed by atoms with Crippen molar-refractivity contribution in [2.45, 2.75) is 19.6 Å². The van der Waals surface area contributed by atoms with E-state index in [-0.39, 0.29) is 0 Å². The summed E-state index contributed by atoms with van der Waals surface area (Å²) in [5.74, 6) is 2.97. The molecule has 7 aromatic rings. The average molecular weight is 703 g/mol. The van der Waals surface area contributed by atoms with Crippen LogP contribution in [-0.4, -0.2) is 49.0 Å². The number of aryl methyl sites for hydroxylation is 2. The molecule has 1 atom stereocenters. The second kappa shape index (κ2) is 13.8. The number of benzene rings is 4. The molecule has 14 nitrogen and oxygen atoms in total. The van der Waals surface area contributed by atoms with Crippen molar-refractivity contribution in [3.8, 4) is 11.9 Å². The Labute approximate surface area is 306 Å². The molecule has 1 unspecified atom stereocenters. The minimum Gasteiger partial charge on any atom is -0.384 e. The number of aliphatic imine (C=N–C) groups is 1. The Morgan fingerprint density at radius 1 is 0.774 bits per heavy atom. The monoisotopic (exact) mass is 702 g/mol. The summed E-state index contributed by atoms with van der Waals surface area (Å²) in [6, 6.07) is 34.6. The molecule has 0 bridgehead atoms. The van der Waals surface area contributed by atoms with E-state index < -0.39 is 5.79 Å². The highest BCUT2D eigenvalue weighted by Crippen LogP contribution is 2.28. The molecule has 1 aliphatic heterocycles. The van der Waals surface area contributed by atoms with Crippen molar-refractivity contribution in [3.05, 3.63) is 132 Å². The van der Waals surface area contributed by atoms with Crippen LogP contribution in [0.15, 0.2) is 114 Å². The van der Waals surface area contributed by atoms with Gasteiger partial charge in [0.2, 0.25) is 11.7 Å². The first-order valence-corrected chi connectivity index (χ1v) is 16.7. The van der Waals surface area contributed by atoms with Crippen molar-refractivity contribution in [1.29, 1.82) is 5.26 Å². The molecule has 4 heterocycles. The number of nitrogen functional groups attached to an aromatic ring is 1. The van der Waals surface area contributed by atoms with Gasteiger partial charge in [0.05, 0.1) is 33.7 Å². The van der Waals surface area contributed by atoms with Gasteiger partial charge in [-0.1, -0.05) is 36.4 Å². The second-order valence-corrected chi connectivity index (χ2v) is 12.7. The zero-order valence-electron chi connectivity index (χ0n) is 29.6. The number of hydrogen-bond acceptors (Lipinski definition) is 12. The standard InChI is InChI=1S/C20H23N7.C19H15N7/c1-13-23-16-6-4-5-7-17(16)27(13)19-12-18(21)24-20(22,25-19)14-8-10-15(11-9-14)26(2)3;1-12-22-15-4-2-3-5-16(15)26(12)18-10-17(21)24-19(25-18)23-14-8-6-13(11-20)7-9-14/h4-12,25H,22H2,1-3H3,(H2,21,24);2-10H,1H3,(H3,21,23,24,25). The van der Waals surface area contributed by atoms with E-state index in [1.165, 1.54) is 0 Å². The van der Waals surface area contributed by atoms with Crippen molar-refractivity contribution in [3.63, 3.8) is 0 Å². The molecule has 0 aliphatic carbocycles. The predicted octanol–water partition coefficient (Wildman–Crippen LogP) is 5.26. The summed E-state index contributed by atoms with van der Waals surface area (Å²) >= 11 is 0. The van der Waals surface area contributed by atoms with Gasteiger partial charge >= 0.3 is 0 Å². The number of nitrogens with two attached hydrogens (primary N) is 3. The molecule has 0 amide bonds. The number of nitrogens with zero attached hydrogens (tertiary/aromatic N) is 9. The number of fused-ring (bicyclic) bond motifs is 2. The third kappa shape index (κ3) is 6.92. The molecule has 3 aromatic heterocycles. The summed E-state index contributed by atoms with van der Waals surface area (Å²) in [6.07, 6.45) is 1.78. The van der Waals surface area contributed by atoms with Gasteiger partial charge in [0, 0.05) is 43.2 Å². The molecule has 1 aliphatic rings. The first-order chi connectivity index (χ1) is 25.5. The molecular weight excluding hydrogens is 665 g/mol. The van der Waals surface area contributed by atoms with E-state index in [1.54, 1.807) is 36.4 Å². The Kier molecular flexibility index (Phi) is 8.92. The number of para-hydroxylation sites is 4. The van der Waals surface area contributed by atoms with Crippen LogP contribution in [0, 0.1) is 25.2 Å². The van der Waals surface area contributed by atoms with Gasteiger partial charge in [0.1, 0.15) is 34.9 Å². The largest absolute Gasteiger partial charge is 0.384 e. The topological polar surface area (TPSA) is 203 Å². The van der Waals surface area contributed by atoms with E-state index in [0.29, 0.717) is 29.0 Å². The van der Waals surface area contributed by atoms with E-state index in [4.69, 9.17) is 22.5 Å². The number of imidazole rings is 2. The van der Waals surface area contributed by atoms with E-state index >= 15 is 0 Å². The SMILES string of the molecule is Cc1nc2ccccc2n1-c1cc(N)nc(Nc2ccc(C#N)cc2)n1.Cc1nc2ccccc2n1C1=CC(N)=NC(N)(c2ccc(N(C)C)cc2)N1. The van der Waals surface area contributed by atoms with Crippen LogP contribution in [-0.2, 0) is 5.79 Å². The Morgan fingerprint density at radius 3 is 2.00 bits per heavy atom. The molecule has 0 fully saturated rings. The van der Waals surface area contributed by atoms with Gasteiger partial charge in [-0.15, -0.1) is 0 Å². The smallest absolute Gasteiger partial charge is 0.231 e. The van der Waals surface area contributed by atoms with Gasteiger partial charge in [-0.25, -0.2) is 15.0 Å². The Hall–Kier alpha value is -7.24. The number of amidine groups is 1. The summed E-state index contributed by atoms with van der Waals surface area (Å²) in [6.45, 7) is 3.88. The molecular formula is C39H38N14. The van der Waals surface area contributed by atoms with Crippen LogP contribution >= 0.6 is 0 Å². The van der Waals surface area contributed by atoms with Crippen LogP contribution in [0.2, 0.25) is 0 Å². The van der Waals surface area contributed by atoms with Crippen LogP contribution in [0.25, 0.3) is 33.7 Å². The summed E-state index contributed by atoms with van der Waals surface area (Å²) in [5, 5.41) is 15.4. The number of aromatic nitrogens is 6. The highest BCUT2D eigenvalue weighted by molar-refractivity contribution is 5.98. The summed E-state index contributed by atoms with van der Waals surface area (Å²) in [4.78, 5) is 24.5. The van der Waals surface area contributed by atoms with Crippen LogP contribution in [0.4, 0.5) is 23.1 Å². The normalized spacial score (nSPS) is 15.1. The molecule has 0 spiro atoms. The van der Waals surface area contributed by atoms with Crippen molar-refractivity contribution in [2.75, 3.05) is 30.0 Å². The van der Waals surface area contributed by atoms with E-state index in [0.717, 1.165) is 56.5 Å². The van der Waals surface area contributed by atoms with Gasteiger partial charge < -0.3 is 27.0 Å². The molecule has 0 saturated heterocycles. The summed E-state index contributed by atoms with van der Waals surface area (Å²) < 4.78 is 3.95. The fourth-order valence-corrected chi connectivity index (χ4v) is 6.17. The Bertz CT molecular complexity index is 2550. The van der Waals surface area contributed by atoms with Gasteiger partial charge in [-0.2, -0.15) is 15.2 Å². The lowest BCUT2D eigenvalue weighted by Gasteiger charge is -2.33. The number of nitrogens with one attached hydrogen (secondary N) is 2. The van der Waals surface area contributed by atoms with Gasteiger partial charge in [-0.3, -0.25) is 14.9 Å². The zero-order chi connectivity index (χ0) is 37.3. The van der Waals surface area contributed by atoms with Crippen LogP contribution in [0.1, 0.15) is 22.8 Å². The maximum absolute atomic E-state index is 8.89. The van der Waals surface area contributed by atoms with E-state index in [2.05, 4.69) is 41.6 Å². The predicted molar refractivity (Wildman–Crippen MR) is 210 cm³/mol. The van der Waals surface area contributed by atoms with Gasteiger partial charge in [0.15, 0.2) is 0 Å².